The number of benzene rings is 1. The Morgan fingerprint density at radius 1 is 1.10 bits per heavy atom. The molecule has 5 rings (SSSR count). The van der Waals surface area contributed by atoms with Gasteiger partial charge in [0.15, 0.2) is 5.65 Å². The fourth-order valence-electron chi connectivity index (χ4n) is 4.06. The summed E-state index contributed by atoms with van der Waals surface area (Å²) < 4.78 is 4.81. The van der Waals surface area contributed by atoms with Crippen LogP contribution in [0.3, 0.4) is 0 Å². The lowest BCUT2D eigenvalue weighted by Crippen LogP contribution is -2.30. The maximum Gasteiger partial charge on any atom is 0.261 e. The van der Waals surface area contributed by atoms with Crippen LogP contribution in [0.1, 0.15) is 39.0 Å². The van der Waals surface area contributed by atoms with Crippen LogP contribution in [0.2, 0.25) is 5.02 Å². The molecule has 4 aromatic rings. The minimum absolute atomic E-state index is 0.0364. The Hall–Kier alpha value is -2.64. The van der Waals surface area contributed by atoms with Crippen LogP contribution in [0.25, 0.3) is 5.65 Å². The second kappa shape index (κ2) is 6.43. The van der Waals surface area contributed by atoms with E-state index in [4.69, 9.17) is 11.6 Å². The highest BCUT2D eigenvalue weighted by atomic mass is 79.9. The van der Waals surface area contributed by atoms with Gasteiger partial charge >= 0.3 is 0 Å². The minimum atomic E-state index is -0.264. The topological polar surface area (TPSA) is 55.4 Å². The zero-order valence-corrected chi connectivity index (χ0v) is 18.4. The van der Waals surface area contributed by atoms with Gasteiger partial charge in [0.05, 0.1) is 21.5 Å². The molecule has 6 nitrogen and oxygen atoms in total. The van der Waals surface area contributed by atoms with Gasteiger partial charge < -0.3 is 4.57 Å². The lowest BCUT2D eigenvalue weighted by Gasteiger charge is -2.27. The van der Waals surface area contributed by atoms with Crippen molar-refractivity contribution >= 4 is 44.8 Å². The summed E-state index contributed by atoms with van der Waals surface area (Å²) in [6.45, 7) is 3.88. The Balaban J connectivity index is 1.75. The molecule has 29 heavy (non-hydrogen) atoms. The fraction of sp³-hybridized carbons (Fsp3) is 0.190. The Bertz CT molecular complexity index is 1290. The quantitative estimate of drug-likeness (QED) is 0.421. The first-order valence-electron chi connectivity index (χ1n) is 9.13. The standard InChI is InChI=1S/C21H17BrClN5O/c1-11-8-15(10-27-12(2)24-25-20(11)27)28-18(13-4-6-14(23)7-5-13)19-16(21(28)29)9-17(22)26(19)3/h4-10,18H,1-3H3. The van der Waals surface area contributed by atoms with E-state index in [9.17, 15) is 4.79 Å². The van der Waals surface area contributed by atoms with Gasteiger partial charge in [0.25, 0.3) is 5.91 Å². The van der Waals surface area contributed by atoms with Crippen LogP contribution in [0.4, 0.5) is 5.69 Å². The number of hydrogen-bond donors (Lipinski definition) is 0. The average molecular weight is 471 g/mol. The van der Waals surface area contributed by atoms with Gasteiger partial charge in [-0.05, 0) is 65.2 Å². The van der Waals surface area contributed by atoms with Crippen LogP contribution in [0.15, 0.2) is 47.2 Å². The van der Waals surface area contributed by atoms with E-state index in [1.165, 1.54) is 0 Å². The van der Waals surface area contributed by atoms with Crippen LogP contribution in [-0.2, 0) is 7.05 Å². The highest BCUT2D eigenvalue weighted by molar-refractivity contribution is 9.10. The van der Waals surface area contributed by atoms with Gasteiger partial charge in [-0.15, -0.1) is 10.2 Å². The van der Waals surface area contributed by atoms with E-state index < -0.39 is 0 Å². The van der Waals surface area contributed by atoms with E-state index in [2.05, 4.69) is 26.1 Å². The fourth-order valence-corrected chi connectivity index (χ4v) is 4.60. The van der Waals surface area contributed by atoms with Crippen LogP contribution >= 0.6 is 27.5 Å². The van der Waals surface area contributed by atoms with E-state index in [1.807, 2.05) is 77.4 Å². The average Bonchev–Trinajstić information content (AvgIpc) is 3.30. The van der Waals surface area contributed by atoms with Crippen molar-refractivity contribution in [1.82, 2.24) is 19.2 Å². The third-order valence-electron chi connectivity index (χ3n) is 5.50. The van der Waals surface area contributed by atoms with Crippen LogP contribution in [0, 0.1) is 13.8 Å². The number of amides is 1. The van der Waals surface area contributed by atoms with Crippen molar-refractivity contribution in [2.24, 2.45) is 7.05 Å². The number of fused-ring (bicyclic) bond motifs is 2. The molecule has 0 aliphatic carbocycles. The van der Waals surface area contributed by atoms with Crippen molar-refractivity contribution in [2.45, 2.75) is 19.9 Å². The molecule has 8 heteroatoms. The third kappa shape index (κ3) is 2.64. The normalized spacial score (nSPS) is 16.1. The number of anilines is 1. The second-order valence-electron chi connectivity index (χ2n) is 7.28. The Labute approximate surface area is 180 Å². The lowest BCUT2D eigenvalue weighted by atomic mass is 10.0. The molecule has 0 N–H and O–H groups in total. The van der Waals surface area contributed by atoms with Crippen molar-refractivity contribution in [3.05, 3.63) is 80.4 Å². The zero-order chi connectivity index (χ0) is 20.4. The van der Waals surface area contributed by atoms with Crippen molar-refractivity contribution in [3.8, 4) is 0 Å². The number of aryl methyl sites for hydroxylation is 2. The van der Waals surface area contributed by atoms with E-state index >= 15 is 0 Å². The molecule has 1 aromatic carbocycles. The molecule has 1 aliphatic rings. The summed E-state index contributed by atoms with van der Waals surface area (Å²) in [6.07, 6.45) is 1.93. The van der Waals surface area contributed by atoms with Crippen molar-refractivity contribution in [3.63, 3.8) is 0 Å². The lowest BCUT2D eigenvalue weighted by molar-refractivity contribution is 0.0993. The predicted molar refractivity (Wildman–Crippen MR) is 116 cm³/mol. The molecule has 1 unspecified atom stereocenters. The number of nitrogens with zero attached hydrogens (tertiary/aromatic N) is 5. The van der Waals surface area contributed by atoms with E-state index in [-0.39, 0.29) is 11.9 Å². The molecule has 1 amide bonds. The van der Waals surface area contributed by atoms with Crippen molar-refractivity contribution in [2.75, 3.05) is 4.90 Å². The number of carbonyl (C=O) groups is 1. The summed E-state index contributed by atoms with van der Waals surface area (Å²) in [4.78, 5) is 15.3. The Morgan fingerprint density at radius 3 is 2.55 bits per heavy atom. The molecule has 0 fully saturated rings. The van der Waals surface area contributed by atoms with Gasteiger partial charge in [-0.25, -0.2) is 0 Å². The van der Waals surface area contributed by atoms with Gasteiger partial charge in [0, 0.05) is 18.3 Å². The molecule has 3 aromatic heterocycles. The van der Waals surface area contributed by atoms with Gasteiger partial charge in [-0.3, -0.25) is 14.1 Å². The molecule has 1 atom stereocenters. The molecular formula is C21H17BrClN5O. The monoisotopic (exact) mass is 469 g/mol. The highest BCUT2D eigenvalue weighted by Crippen LogP contribution is 2.44. The van der Waals surface area contributed by atoms with Crippen LogP contribution in [0.5, 0.6) is 0 Å². The SMILES string of the molecule is Cc1cc(N2C(=O)c3cc(Br)n(C)c3C2c2ccc(Cl)cc2)cn2c(C)nnc12. The maximum absolute atomic E-state index is 13.5. The first-order valence-corrected chi connectivity index (χ1v) is 10.3. The first-order chi connectivity index (χ1) is 13.9. The highest BCUT2D eigenvalue weighted by Gasteiger charge is 2.42. The van der Waals surface area contributed by atoms with E-state index in [0.29, 0.717) is 10.6 Å². The molecular weight excluding hydrogens is 454 g/mol. The summed E-state index contributed by atoms with van der Waals surface area (Å²) in [5, 5.41) is 9.06. The molecule has 0 bridgehead atoms. The molecule has 0 saturated heterocycles. The number of aromatic nitrogens is 4. The van der Waals surface area contributed by atoms with E-state index in [1.54, 1.807) is 0 Å². The van der Waals surface area contributed by atoms with Gasteiger partial charge in [-0.2, -0.15) is 0 Å². The van der Waals surface area contributed by atoms with Crippen LogP contribution in [-0.4, -0.2) is 25.1 Å². The molecule has 0 spiro atoms. The molecule has 1 aliphatic heterocycles. The van der Waals surface area contributed by atoms with Gasteiger partial charge in [-0.1, -0.05) is 23.7 Å². The van der Waals surface area contributed by atoms with Crippen molar-refractivity contribution < 1.29 is 4.79 Å². The minimum Gasteiger partial charge on any atom is -0.340 e. The van der Waals surface area contributed by atoms with Crippen molar-refractivity contribution in [1.29, 1.82) is 0 Å². The molecule has 4 heterocycles. The number of halogens is 2. The number of carbonyl (C=O) groups excluding carboxylic acids is 1. The molecule has 146 valence electrons. The summed E-state index contributed by atoms with van der Waals surface area (Å²) in [6, 6.07) is 11.3. The number of rotatable bonds is 2. The molecule has 0 radical (unpaired) electrons. The van der Waals surface area contributed by atoms with Gasteiger partial charge in [0.2, 0.25) is 0 Å². The predicted octanol–water partition coefficient (Wildman–Crippen LogP) is 4.85. The summed E-state index contributed by atoms with van der Waals surface area (Å²) in [5.74, 6) is 0.741. The Morgan fingerprint density at radius 2 is 1.83 bits per heavy atom. The summed E-state index contributed by atoms with van der Waals surface area (Å²) in [7, 11) is 1.96. The van der Waals surface area contributed by atoms with Gasteiger partial charge in [0.1, 0.15) is 11.9 Å². The Kier molecular flexibility index (Phi) is 4.08. The second-order valence-corrected chi connectivity index (χ2v) is 8.53. The smallest absolute Gasteiger partial charge is 0.261 e. The maximum atomic E-state index is 13.5. The summed E-state index contributed by atoms with van der Waals surface area (Å²) in [5.41, 5.74) is 5.19. The summed E-state index contributed by atoms with van der Waals surface area (Å²) >= 11 is 9.67. The largest absolute Gasteiger partial charge is 0.340 e. The first kappa shape index (κ1) is 18.4. The number of pyridine rings is 1. The molecule has 0 saturated carbocycles. The van der Waals surface area contributed by atoms with Crippen LogP contribution < -0.4 is 4.90 Å². The van der Waals surface area contributed by atoms with E-state index in [0.717, 1.165) is 38.6 Å². The zero-order valence-electron chi connectivity index (χ0n) is 16.0. The third-order valence-corrected chi connectivity index (χ3v) is 6.51. The number of hydrogen-bond acceptors (Lipinski definition) is 3.